The molecule has 4 heteroatoms. The van der Waals surface area contributed by atoms with Crippen LogP contribution >= 0.6 is 11.8 Å². The second-order valence-corrected chi connectivity index (χ2v) is 4.43. The average Bonchev–Trinajstić information content (AvgIpc) is 2.14. The summed E-state index contributed by atoms with van der Waals surface area (Å²) >= 11 is 1.74. The maximum atomic E-state index is 12.8. The minimum Gasteiger partial charge on any atom is -0.309 e. The molecule has 15 heavy (non-hydrogen) atoms. The van der Waals surface area contributed by atoms with Crippen LogP contribution in [0.25, 0.3) is 0 Å². The summed E-state index contributed by atoms with van der Waals surface area (Å²) in [6.45, 7) is 2.54. The number of hydrogen-bond donors (Lipinski definition) is 1. The molecule has 0 saturated carbocycles. The molecule has 1 N–H and O–H groups in total. The van der Waals surface area contributed by atoms with Crippen molar-refractivity contribution in [3.8, 4) is 0 Å². The highest BCUT2D eigenvalue weighted by Crippen LogP contribution is 2.08. The largest absolute Gasteiger partial charge is 0.309 e. The SMILES string of the molecule is CSCC(C)NCc1cc(F)cc(F)c1. The smallest absolute Gasteiger partial charge is 0.126 e. The Labute approximate surface area is 93.3 Å². The normalized spacial score (nSPS) is 12.8. The minimum absolute atomic E-state index is 0.339. The standard InChI is InChI=1S/C11H15F2NS/c1-8(7-15-2)14-6-9-3-10(12)5-11(13)4-9/h3-5,8,14H,6-7H2,1-2H3. The average molecular weight is 231 g/mol. The number of halogens is 2. The summed E-state index contributed by atoms with van der Waals surface area (Å²) in [4.78, 5) is 0. The number of benzene rings is 1. The van der Waals surface area contributed by atoms with Crippen molar-refractivity contribution in [2.45, 2.75) is 19.5 Å². The van der Waals surface area contributed by atoms with Gasteiger partial charge in [0, 0.05) is 24.4 Å². The zero-order valence-corrected chi connectivity index (χ0v) is 9.70. The van der Waals surface area contributed by atoms with Crippen LogP contribution in [0.5, 0.6) is 0 Å². The van der Waals surface area contributed by atoms with E-state index in [4.69, 9.17) is 0 Å². The van der Waals surface area contributed by atoms with Crippen molar-refractivity contribution >= 4 is 11.8 Å². The summed E-state index contributed by atoms with van der Waals surface area (Å²) in [5.41, 5.74) is 0.639. The number of nitrogens with one attached hydrogen (secondary N) is 1. The molecule has 0 bridgehead atoms. The van der Waals surface area contributed by atoms with Gasteiger partial charge in [-0.15, -0.1) is 0 Å². The van der Waals surface area contributed by atoms with Gasteiger partial charge in [0.2, 0.25) is 0 Å². The number of rotatable bonds is 5. The lowest BCUT2D eigenvalue weighted by Gasteiger charge is -2.12. The maximum absolute atomic E-state index is 12.8. The van der Waals surface area contributed by atoms with Crippen molar-refractivity contribution in [3.63, 3.8) is 0 Å². The van der Waals surface area contributed by atoms with Crippen molar-refractivity contribution in [2.24, 2.45) is 0 Å². The van der Waals surface area contributed by atoms with Crippen LogP contribution in [-0.2, 0) is 6.54 Å². The highest BCUT2D eigenvalue weighted by molar-refractivity contribution is 7.98. The van der Waals surface area contributed by atoms with E-state index in [0.29, 0.717) is 18.2 Å². The lowest BCUT2D eigenvalue weighted by molar-refractivity contribution is 0.563. The van der Waals surface area contributed by atoms with Gasteiger partial charge in [-0.05, 0) is 30.9 Å². The van der Waals surface area contributed by atoms with E-state index in [1.807, 2.05) is 13.2 Å². The molecule has 0 fully saturated rings. The summed E-state index contributed by atoms with van der Waals surface area (Å²) < 4.78 is 25.7. The van der Waals surface area contributed by atoms with Crippen LogP contribution in [0.1, 0.15) is 12.5 Å². The molecule has 84 valence electrons. The van der Waals surface area contributed by atoms with Crippen LogP contribution in [-0.4, -0.2) is 18.1 Å². The molecule has 0 amide bonds. The van der Waals surface area contributed by atoms with E-state index in [1.54, 1.807) is 11.8 Å². The highest BCUT2D eigenvalue weighted by Gasteiger charge is 2.03. The fourth-order valence-corrected chi connectivity index (χ4v) is 1.93. The molecule has 1 aromatic rings. The van der Waals surface area contributed by atoms with Gasteiger partial charge in [0.1, 0.15) is 11.6 Å². The molecule has 1 nitrogen and oxygen atoms in total. The molecular formula is C11H15F2NS. The summed E-state index contributed by atoms with van der Waals surface area (Å²) in [6, 6.07) is 3.92. The van der Waals surface area contributed by atoms with E-state index in [-0.39, 0.29) is 0 Å². The van der Waals surface area contributed by atoms with Crippen LogP contribution in [0, 0.1) is 11.6 Å². The Morgan fingerprint density at radius 2 is 1.87 bits per heavy atom. The third-order valence-electron chi connectivity index (χ3n) is 1.99. The van der Waals surface area contributed by atoms with Gasteiger partial charge in [0.25, 0.3) is 0 Å². The molecule has 1 atom stereocenters. The second-order valence-electron chi connectivity index (χ2n) is 3.51. The first-order valence-electron chi connectivity index (χ1n) is 4.79. The van der Waals surface area contributed by atoms with Crippen LogP contribution in [0.2, 0.25) is 0 Å². The van der Waals surface area contributed by atoms with Crippen LogP contribution in [0.3, 0.4) is 0 Å². The molecule has 0 saturated heterocycles. The predicted molar refractivity (Wildman–Crippen MR) is 61.0 cm³/mol. The van der Waals surface area contributed by atoms with Gasteiger partial charge in [-0.2, -0.15) is 11.8 Å². The zero-order chi connectivity index (χ0) is 11.3. The van der Waals surface area contributed by atoms with Crippen LogP contribution in [0.4, 0.5) is 8.78 Å². The number of hydrogen-bond acceptors (Lipinski definition) is 2. The summed E-state index contributed by atoms with van der Waals surface area (Å²) in [5.74, 6) is -0.0636. The van der Waals surface area contributed by atoms with Gasteiger partial charge in [-0.3, -0.25) is 0 Å². The first-order valence-corrected chi connectivity index (χ1v) is 6.18. The van der Waals surface area contributed by atoms with E-state index >= 15 is 0 Å². The predicted octanol–water partition coefficient (Wildman–Crippen LogP) is 2.81. The molecule has 0 aliphatic heterocycles. The van der Waals surface area contributed by atoms with E-state index < -0.39 is 11.6 Å². The number of thioether (sulfide) groups is 1. The van der Waals surface area contributed by atoms with E-state index in [1.165, 1.54) is 12.1 Å². The van der Waals surface area contributed by atoms with Gasteiger partial charge in [0.05, 0.1) is 0 Å². The zero-order valence-electron chi connectivity index (χ0n) is 8.89. The first-order chi connectivity index (χ1) is 7.11. The fraction of sp³-hybridized carbons (Fsp3) is 0.455. The van der Waals surface area contributed by atoms with E-state index in [0.717, 1.165) is 11.8 Å². The highest BCUT2D eigenvalue weighted by atomic mass is 32.2. The maximum Gasteiger partial charge on any atom is 0.126 e. The molecule has 0 aliphatic rings. The molecule has 0 heterocycles. The Morgan fingerprint density at radius 3 is 2.40 bits per heavy atom. The fourth-order valence-electron chi connectivity index (χ4n) is 1.31. The van der Waals surface area contributed by atoms with Gasteiger partial charge in [0.15, 0.2) is 0 Å². The molecule has 1 unspecified atom stereocenters. The monoisotopic (exact) mass is 231 g/mol. The van der Waals surface area contributed by atoms with Gasteiger partial charge >= 0.3 is 0 Å². The third kappa shape index (κ3) is 4.62. The summed E-state index contributed by atoms with van der Waals surface area (Å²) in [6.07, 6.45) is 2.03. The summed E-state index contributed by atoms with van der Waals surface area (Å²) in [7, 11) is 0. The van der Waals surface area contributed by atoms with Crippen molar-refractivity contribution in [2.75, 3.05) is 12.0 Å². The molecule has 0 aromatic heterocycles. The van der Waals surface area contributed by atoms with Gasteiger partial charge in [-0.25, -0.2) is 8.78 Å². The Morgan fingerprint density at radius 1 is 1.27 bits per heavy atom. The molecule has 0 aliphatic carbocycles. The van der Waals surface area contributed by atoms with Gasteiger partial charge in [-0.1, -0.05) is 0 Å². The van der Waals surface area contributed by atoms with Crippen LogP contribution in [0.15, 0.2) is 18.2 Å². The molecule has 1 aromatic carbocycles. The quantitative estimate of drug-likeness (QED) is 0.836. The van der Waals surface area contributed by atoms with E-state index in [2.05, 4.69) is 5.32 Å². The second kappa shape index (κ2) is 6.08. The molecule has 0 radical (unpaired) electrons. The van der Waals surface area contributed by atoms with Crippen LogP contribution < -0.4 is 5.32 Å². The minimum atomic E-state index is -0.524. The third-order valence-corrected chi connectivity index (χ3v) is 2.83. The first kappa shape index (κ1) is 12.5. The van der Waals surface area contributed by atoms with E-state index in [9.17, 15) is 8.78 Å². The molecular weight excluding hydrogens is 216 g/mol. The Bertz CT molecular complexity index is 297. The van der Waals surface area contributed by atoms with Gasteiger partial charge < -0.3 is 5.32 Å². The van der Waals surface area contributed by atoms with Crippen molar-refractivity contribution < 1.29 is 8.78 Å². The van der Waals surface area contributed by atoms with Crippen molar-refractivity contribution in [3.05, 3.63) is 35.4 Å². The Kier molecular flexibility index (Phi) is 5.05. The van der Waals surface area contributed by atoms with Crippen molar-refractivity contribution in [1.82, 2.24) is 5.32 Å². The lowest BCUT2D eigenvalue weighted by atomic mass is 10.2. The topological polar surface area (TPSA) is 12.0 Å². The molecule has 1 rings (SSSR count). The Balaban J connectivity index is 2.50. The Hall–Kier alpha value is -0.610. The summed E-state index contributed by atoms with van der Waals surface area (Å²) in [5, 5.41) is 3.20. The molecule has 0 spiro atoms. The lowest BCUT2D eigenvalue weighted by Crippen LogP contribution is -2.27. The van der Waals surface area contributed by atoms with Crippen molar-refractivity contribution in [1.29, 1.82) is 0 Å².